The molecular formula is C11H16N2O3S2. The van der Waals surface area contributed by atoms with E-state index < -0.39 is 10.0 Å². The van der Waals surface area contributed by atoms with Gasteiger partial charge in [0.05, 0.1) is 10.7 Å². The summed E-state index contributed by atoms with van der Waals surface area (Å²) >= 11 is 4.64. The summed E-state index contributed by atoms with van der Waals surface area (Å²) in [6.45, 7) is 3.73. The van der Waals surface area contributed by atoms with Crippen molar-refractivity contribution in [1.82, 2.24) is 0 Å². The van der Waals surface area contributed by atoms with Crippen molar-refractivity contribution < 1.29 is 13.5 Å². The van der Waals surface area contributed by atoms with Crippen LogP contribution < -0.4 is 10.0 Å². The molecule has 1 aromatic rings. The Hall–Kier alpha value is -1.34. The largest absolute Gasteiger partial charge is 0.508 e. The molecular weight excluding hydrogens is 272 g/mol. The van der Waals surface area contributed by atoms with Gasteiger partial charge in [0, 0.05) is 12.6 Å². The lowest BCUT2D eigenvalue weighted by molar-refractivity contribution is 0.475. The predicted molar refractivity (Wildman–Crippen MR) is 76.4 cm³/mol. The summed E-state index contributed by atoms with van der Waals surface area (Å²) in [6.07, 6.45) is 0. The third kappa shape index (κ3) is 3.33. The van der Waals surface area contributed by atoms with E-state index in [9.17, 15) is 13.5 Å². The molecule has 0 saturated carbocycles. The molecule has 0 saturated heterocycles. The standard InChI is InChI=1S/C11H16N2O3S2/c1-3-13(18(15,16)7-11(12)17)10-6-9(14)5-4-8(10)2/h4-6,14H,3,7H2,1-2H3,(H2,12,17). The number of sulfonamides is 1. The van der Waals surface area contributed by atoms with Gasteiger partial charge >= 0.3 is 0 Å². The van der Waals surface area contributed by atoms with Crippen LogP contribution in [-0.4, -0.2) is 30.8 Å². The molecule has 0 amide bonds. The first-order valence-corrected chi connectivity index (χ1v) is 7.38. The summed E-state index contributed by atoms with van der Waals surface area (Å²) in [5.74, 6) is -0.370. The number of anilines is 1. The van der Waals surface area contributed by atoms with E-state index in [1.54, 1.807) is 19.9 Å². The lowest BCUT2D eigenvalue weighted by Crippen LogP contribution is -2.37. The average molecular weight is 288 g/mol. The topological polar surface area (TPSA) is 83.6 Å². The van der Waals surface area contributed by atoms with E-state index >= 15 is 0 Å². The minimum Gasteiger partial charge on any atom is -0.508 e. The van der Waals surface area contributed by atoms with Gasteiger partial charge in [-0.3, -0.25) is 4.31 Å². The molecule has 0 radical (unpaired) electrons. The van der Waals surface area contributed by atoms with E-state index in [0.717, 1.165) is 5.56 Å². The van der Waals surface area contributed by atoms with Crippen molar-refractivity contribution in [3.63, 3.8) is 0 Å². The van der Waals surface area contributed by atoms with Crippen LogP contribution in [0, 0.1) is 6.92 Å². The van der Waals surface area contributed by atoms with Crippen molar-refractivity contribution in [1.29, 1.82) is 0 Å². The molecule has 0 fully saturated rings. The van der Waals surface area contributed by atoms with Gasteiger partial charge in [0.1, 0.15) is 11.5 Å². The van der Waals surface area contributed by atoms with E-state index in [-0.39, 0.29) is 23.0 Å². The molecule has 0 bridgehead atoms. The van der Waals surface area contributed by atoms with Crippen LogP contribution in [-0.2, 0) is 10.0 Å². The molecule has 0 aliphatic carbocycles. The van der Waals surface area contributed by atoms with E-state index in [1.807, 2.05) is 0 Å². The van der Waals surface area contributed by atoms with Crippen LogP contribution in [0.5, 0.6) is 5.75 Å². The normalized spacial score (nSPS) is 11.2. The summed E-state index contributed by atoms with van der Waals surface area (Å²) in [5.41, 5.74) is 6.48. The van der Waals surface area contributed by atoms with E-state index in [2.05, 4.69) is 12.2 Å². The lowest BCUT2D eigenvalue weighted by atomic mass is 10.2. The Bertz CT molecular complexity index is 555. The first-order valence-electron chi connectivity index (χ1n) is 5.36. The molecule has 0 spiro atoms. The van der Waals surface area contributed by atoms with Gasteiger partial charge in [0.15, 0.2) is 0 Å². The van der Waals surface area contributed by atoms with Gasteiger partial charge < -0.3 is 10.8 Å². The first-order chi connectivity index (χ1) is 8.27. The Kier molecular flexibility index (Phi) is 4.53. The maximum atomic E-state index is 12.1. The van der Waals surface area contributed by atoms with E-state index in [4.69, 9.17) is 5.73 Å². The van der Waals surface area contributed by atoms with E-state index in [1.165, 1.54) is 16.4 Å². The highest BCUT2D eigenvalue weighted by Gasteiger charge is 2.23. The fourth-order valence-electron chi connectivity index (χ4n) is 1.64. The molecule has 0 heterocycles. The Morgan fingerprint density at radius 2 is 2.11 bits per heavy atom. The van der Waals surface area contributed by atoms with Crippen molar-refractivity contribution in [2.24, 2.45) is 5.73 Å². The molecule has 0 aromatic heterocycles. The molecule has 7 heteroatoms. The van der Waals surface area contributed by atoms with Crippen molar-refractivity contribution in [2.45, 2.75) is 13.8 Å². The Balaban J connectivity index is 3.25. The third-order valence-corrected chi connectivity index (χ3v) is 4.54. The zero-order chi connectivity index (χ0) is 13.9. The fourth-order valence-corrected chi connectivity index (χ4v) is 3.49. The number of aryl methyl sites for hydroxylation is 1. The number of hydrogen-bond acceptors (Lipinski definition) is 4. The zero-order valence-electron chi connectivity index (χ0n) is 10.3. The summed E-state index contributed by atoms with van der Waals surface area (Å²) in [6, 6.07) is 4.58. The molecule has 18 heavy (non-hydrogen) atoms. The maximum Gasteiger partial charge on any atom is 0.241 e. The Labute approximate surface area is 112 Å². The molecule has 0 unspecified atom stereocenters. The second kappa shape index (κ2) is 5.53. The number of phenolic OH excluding ortho intramolecular Hbond substituents is 1. The van der Waals surface area contributed by atoms with Crippen LogP contribution in [0.3, 0.4) is 0 Å². The Morgan fingerprint density at radius 3 is 2.61 bits per heavy atom. The molecule has 1 rings (SSSR count). The maximum absolute atomic E-state index is 12.1. The van der Waals surface area contributed by atoms with Gasteiger partial charge in [-0.15, -0.1) is 0 Å². The average Bonchev–Trinajstić information content (AvgIpc) is 2.21. The highest BCUT2D eigenvalue weighted by molar-refractivity contribution is 7.95. The summed E-state index contributed by atoms with van der Waals surface area (Å²) in [7, 11) is -3.61. The quantitative estimate of drug-likeness (QED) is 0.794. The van der Waals surface area contributed by atoms with Crippen LogP contribution in [0.4, 0.5) is 5.69 Å². The van der Waals surface area contributed by atoms with E-state index in [0.29, 0.717) is 5.69 Å². The van der Waals surface area contributed by atoms with Gasteiger partial charge in [-0.05, 0) is 25.5 Å². The lowest BCUT2D eigenvalue weighted by Gasteiger charge is -2.24. The van der Waals surface area contributed by atoms with Crippen LogP contribution >= 0.6 is 12.2 Å². The molecule has 0 aliphatic heterocycles. The Morgan fingerprint density at radius 1 is 1.50 bits per heavy atom. The second-order valence-corrected chi connectivity index (χ2v) is 6.28. The fraction of sp³-hybridized carbons (Fsp3) is 0.364. The van der Waals surface area contributed by atoms with Crippen molar-refractivity contribution >= 4 is 32.9 Å². The van der Waals surface area contributed by atoms with Crippen molar-refractivity contribution in [3.8, 4) is 5.75 Å². The van der Waals surface area contributed by atoms with Crippen LogP contribution in [0.2, 0.25) is 0 Å². The van der Waals surface area contributed by atoms with Crippen LogP contribution in [0.15, 0.2) is 18.2 Å². The minimum atomic E-state index is -3.61. The number of nitrogens with zero attached hydrogens (tertiary/aromatic N) is 1. The SMILES string of the molecule is CCN(c1cc(O)ccc1C)S(=O)(=O)CC(N)=S. The first kappa shape index (κ1) is 14.7. The monoisotopic (exact) mass is 288 g/mol. The number of benzene rings is 1. The van der Waals surface area contributed by atoms with Gasteiger partial charge in [0.25, 0.3) is 0 Å². The predicted octanol–water partition coefficient (Wildman–Crippen LogP) is 1.14. The number of rotatable bonds is 5. The van der Waals surface area contributed by atoms with Gasteiger partial charge in [-0.2, -0.15) is 0 Å². The zero-order valence-corrected chi connectivity index (χ0v) is 11.9. The van der Waals surface area contributed by atoms with Gasteiger partial charge in [-0.25, -0.2) is 8.42 Å². The molecule has 0 aliphatic rings. The highest BCUT2D eigenvalue weighted by atomic mass is 32.2. The molecule has 5 nitrogen and oxygen atoms in total. The van der Waals surface area contributed by atoms with Crippen molar-refractivity contribution in [2.75, 3.05) is 16.6 Å². The minimum absolute atomic E-state index is 0.0135. The smallest absolute Gasteiger partial charge is 0.241 e. The summed E-state index contributed by atoms with van der Waals surface area (Å²) in [4.78, 5) is -0.0775. The van der Waals surface area contributed by atoms with Crippen LogP contribution in [0.1, 0.15) is 12.5 Å². The molecule has 1 aromatic carbocycles. The number of aromatic hydroxyl groups is 1. The number of nitrogens with two attached hydrogens (primary N) is 1. The van der Waals surface area contributed by atoms with Gasteiger partial charge in [0.2, 0.25) is 10.0 Å². The van der Waals surface area contributed by atoms with Crippen LogP contribution in [0.25, 0.3) is 0 Å². The third-order valence-electron chi connectivity index (χ3n) is 2.41. The summed E-state index contributed by atoms with van der Waals surface area (Å²) in [5, 5.41) is 9.46. The second-order valence-electron chi connectivity index (χ2n) is 3.86. The number of phenols is 1. The van der Waals surface area contributed by atoms with Gasteiger partial charge in [-0.1, -0.05) is 18.3 Å². The molecule has 3 N–H and O–H groups in total. The molecule has 100 valence electrons. The number of thiocarbonyl (C=S) groups is 1. The summed E-state index contributed by atoms with van der Waals surface area (Å²) < 4.78 is 25.4. The van der Waals surface area contributed by atoms with Crippen molar-refractivity contribution in [3.05, 3.63) is 23.8 Å². The molecule has 0 atom stereocenters. The number of hydrogen-bond donors (Lipinski definition) is 2. The highest BCUT2D eigenvalue weighted by Crippen LogP contribution is 2.27.